The number of carbonyl (C=O) groups excluding carboxylic acids is 1. The standard InChI is InChI=1S/C18H13Cl2NO4S/c19-17-15-8-7-14(26(20,23)24)10-13(15)6-9-16(17)21-18(22)25-11-12-4-2-1-3-5-12/h1-10H,11H2,(H,21,22). The van der Waals surface area contributed by atoms with Crippen molar-refractivity contribution in [3.63, 3.8) is 0 Å². The first-order valence-corrected chi connectivity index (χ1v) is 10.2. The zero-order valence-electron chi connectivity index (χ0n) is 13.3. The zero-order valence-corrected chi connectivity index (χ0v) is 15.6. The van der Waals surface area contributed by atoms with E-state index in [0.717, 1.165) is 5.56 Å². The molecule has 0 aliphatic rings. The summed E-state index contributed by atoms with van der Waals surface area (Å²) in [5, 5.41) is 4.02. The third-order valence-electron chi connectivity index (χ3n) is 3.66. The molecule has 3 aromatic carbocycles. The van der Waals surface area contributed by atoms with Crippen molar-refractivity contribution in [2.24, 2.45) is 0 Å². The molecule has 0 aliphatic heterocycles. The third-order valence-corrected chi connectivity index (χ3v) is 5.42. The molecule has 8 heteroatoms. The van der Waals surface area contributed by atoms with E-state index in [0.29, 0.717) is 16.5 Å². The number of hydrogen-bond donors (Lipinski definition) is 1. The lowest BCUT2D eigenvalue weighted by Gasteiger charge is -2.11. The molecule has 0 saturated carbocycles. The quantitative estimate of drug-likeness (QED) is 0.603. The van der Waals surface area contributed by atoms with Crippen LogP contribution < -0.4 is 5.32 Å². The van der Waals surface area contributed by atoms with Gasteiger partial charge >= 0.3 is 6.09 Å². The maximum atomic E-state index is 12.0. The average molecular weight is 410 g/mol. The second kappa shape index (κ2) is 7.53. The number of nitrogens with one attached hydrogen (secondary N) is 1. The van der Waals surface area contributed by atoms with E-state index in [2.05, 4.69) is 5.32 Å². The van der Waals surface area contributed by atoms with Gasteiger partial charge in [-0.2, -0.15) is 0 Å². The summed E-state index contributed by atoms with van der Waals surface area (Å²) in [5.41, 5.74) is 1.22. The molecule has 3 rings (SSSR count). The van der Waals surface area contributed by atoms with E-state index < -0.39 is 15.1 Å². The van der Waals surface area contributed by atoms with E-state index >= 15 is 0 Å². The topological polar surface area (TPSA) is 72.5 Å². The summed E-state index contributed by atoms with van der Waals surface area (Å²) >= 11 is 6.32. The zero-order chi connectivity index (χ0) is 18.7. The Morgan fingerprint density at radius 3 is 2.46 bits per heavy atom. The van der Waals surface area contributed by atoms with Crippen molar-refractivity contribution in [1.82, 2.24) is 0 Å². The van der Waals surface area contributed by atoms with E-state index in [9.17, 15) is 13.2 Å². The van der Waals surface area contributed by atoms with Gasteiger partial charge in [0, 0.05) is 16.1 Å². The summed E-state index contributed by atoms with van der Waals surface area (Å²) in [5.74, 6) is 0. The molecule has 0 unspecified atom stereocenters. The van der Waals surface area contributed by atoms with Gasteiger partial charge in [-0.25, -0.2) is 13.2 Å². The Morgan fingerprint density at radius 1 is 1.04 bits per heavy atom. The Labute approximate surface area is 159 Å². The van der Waals surface area contributed by atoms with E-state index in [4.69, 9.17) is 27.0 Å². The maximum absolute atomic E-state index is 12.0. The Balaban J connectivity index is 1.78. The molecule has 1 amide bonds. The second-order valence-corrected chi connectivity index (χ2v) is 8.38. The SMILES string of the molecule is O=C(Nc1ccc2cc(S(=O)(=O)Cl)ccc2c1Cl)OCc1ccccc1. The number of hydrogen-bond acceptors (Lipinski definition) is 4. The Bertz CT molecular complexity index is 1070. The first-order chi connectivity index (χ1) is 12.3. The average Bonchev–Trinajstić information content (AvgIpc) is 2.62. The largest absolute Gasteiger partial charge is 0.444 e. The molecule has 26 heavy (non-hydrogen) atoms. The smallest absolute Gasteiger partial charge is 0.412 e. The van der Waals surface area contributed by atoms with Crippen LogP contribution in [0.4, 0.5) is 10.5 Å². The normalized spacial score (nSPS) is 11.3. The fourth-order valence-electron chi connectivity index (χ4n) is 2.39. The van der Waals surface area contributed by atoms with Crippen molar-refractivity contribution in [3.05, 3.63) is 71.2 Å². The molecular weight excluding hydrogens is 397 g/mol. The number of rotatable bonds is 4. The van der Waals surface area contributed by atoms with Gasteiger partial charge in [0.25, 0.3) is 9.05 Å². The monoisotopic (exact) mass is 409 g/mol. The molecule has 0 fully saturated rings. The second-order valence-electron chi connectivity index (χ2n) is 5.43. The van der Waals surface area contributed by atoms with Crippen LogP contribution in [0.25, 0.3) is 10.8 Å². The van der Waals surface area contributed by atoms with Gasteiger partial charge in [0.2, 0.25) is 0 Å². The first-order valence-electron chi connectivity index (χ1n) is 7.49. The minimum absolute atomic E-state index is 0.0225. The predicted molar refractivity (Wildman–Crippen MR) is 102 cm³/mol. The molecule has 5 nitrogen and oxygen atoms in total. The highest BCUT2D eigenvalue weighted by Crippen LogP contribution is 2.33. The highest BCUT2D eigenvalue weighted by Gasteiger charge is 2.14. The fraction of sp³-hybridized carbons (Fsp3) is 0.0556. The number of ether oxygens (including phenoxy) is 1. The molecule has 0 spiro atoms. The maximum Gasteiger partial charge on any atom is 0.412 e. The van der Waals surface area contributed by atoms with Crippen LogP contribution in [0.15, 0.2) is 65.6 Å². The lowest BCUT2D eigenvalue weighted by atomic mass is 10.1. The van der Waals surface area contributed by atoms with E-state index in [1.807, 2.05) is 30.3 Å². The van der Waals surface area contributed by atoms with Gasteiger partial charge in [0.1, 0.15) is 6.61 Å². The van der Waals surface area contributed by atoms with Crippen molar-refractivity contribution in [2.45, 2.75) is 11.5 Å². The van der Waals surface area contributed by atoms with Crippen molar-refractivity contribution < 1.29 is 17.9 Å². The van der Waals surface area contributed by atoms with Crippen LogP contribution in [0.2, 0.25) is 5.02 Å². The Morgan fingerprint density at radius 2 is 1.77 bits per heavy atom. The number of benzene rings is 3. The van der Waals surface area contributed by atoms with Crippen LogP contribution >= 0.6 is 22.3 Å². The number of anilines is 1. The van der Waals surface area contributed by atoms with E-state index in [-0.39, 0.29) is 16.5 Å². The van der Waals surface area contributed by atoms with Crippen LogP contribution in [-0.4, -0.2) is 14.5 Å². The molecule has 0 aliphatic carbocycles. The van der Waals surface area contributed by atoms with Gasteiger partial charge in [0.05, 0.1) is 15.6 Å². The van der Waals surface area contributed by atoms with E-state index in [1.54, 1.807) is 12.1 Å². The van der Waals surface area contributed by atoms with Crippen molar-refractivity contribution >= 4 is 53.9 Å². The molecule has 0 radical (unpaired) electrons. The summed E-state index contributed by atoms with van der Waals surface area (Å²) in [7, 11) is 1.52. The van der Waals surface area contributed by atoms with E-state index in [1.165, 1.54) is 18.2 Å². The minimum Gasteiger partial charge on any atom is -0.444 e. The van der Waals surface area contributed by atoms with Crippen LogP contribution in [-0.2, 0) is 20.4 Å². The summed E-state index contributed by atoms with van der Waals surface area (Å²) in [6.45, 7) is 0.134. The Kier molecular flexibility index (Phi) is 5.36. The van der Waals surface area contributed by atoms with Crippen molar-refractivity contribution in [2.75, 3.05) is 5.32 Å². The highest BCUT2D eigenvalue weighted by atomic mass is 35.7. The molecule has 0 heterocycles. The van der Waals surface area contributed by atoms with Crippen LogP contribution in [0.1, 0.15) is 5.56 Å². The number of carbonyl (C=O) groups is 1. The molecule has 0 atom stereocenters. The number of halogens is 2. The lowest BCUT2D eigenvalue weighted by molar-refractivity contribution is 0.155. The van der Waals surface area contributed by atoms with Gasteiger partial charge in [-0.1, -0.05) is 54.1 Å². The third kappa shape index (κ3) is 4.27. The molecule has 0 saturated heterocycles. The highest BCUT2D eigenvalue weighted by molar-refractivity contribution is 8.13. The number of amides is 1. The van der Waals surface area contributed by atoms with Gasteiger partial charge in [-0.15, -0.1) is 0 Å². The first kappa shape index (κ1) is 18.5. The summed E-state index contributed by atoms with van der Waals surface area (Å²) < 4.78 is 28.0. The summed E-state index contributed by atoms with van der Waals surface area (Å²) in [6.07, 6.45) is -0.643. The van der Waals surface area contributed by atoms with Gasteiger partial charge in [0.15, 0.2) is 0 Å². The molecule has 0 bridgehead atoms. The summed E-state index contributed by atoms with van der Waals surface area (Å²) in [6, 6.07) is 16.8. The molecular formula is C18H13Cl2NO4S. The van der Waals surface area contributed by atoms with Crippen LogP contribution in [0.3, 0.4) is 0 Å². The van der Waals surface area contributed by atoms with Crippen molar-refractivity contribution in [3.8, 4) is 0 Å². The molecule has 3 aromatic rings. The predicted octanol–water partition coefficient (Wildman–Crippen LogP) is 5.17. The van der Waals surface area contributed by atoms with Crippen LogP contribution in [0.5, 0.6) is 0 Å². The van der Waals surface area contributed by atoms with Crippen molar-refractivity contribution in [1.29, 1.82) is 0 Å². The Hall–Kier alpha value is -2.28. The molecule has 0 aromatic heterocycles. The summed E-state index contributed by atoms with van der Waals surface area (Å²) in [4.78, 5) is 11.9. The van der Waals surface area contributed by atoms with Crippen LogP contribution in [0, 0.1) is 0 Å². The molecule has 134 valence electrons. The minimum atomic E-state index is -3.83. The lowest BCUT2D eigenvalue weighted by Crippen LogP contribution is -2.13. The van der Waals surface area contributed by atoms with Gasteiger partial charge < -0.3 is 4.74 Å². The molecule has 1 N–H and O–H groups in total. The number of fused-ring (bicyclic) bond motifs is 1. The van der Waals surface area contributed by atoms with Gasteiger partial charge in [-0.3, -0.25) is 5.32 Å². The fourth-order valence-corrected chi connectivity index (χ4v) is 3.46. The van der Waals surface area contributed by atoms with Gasteiger partial charge in [-0.05, 0) is 29.1 Å².